The van der Waals surface area contributed by atoms with Crippen molar-refractivity contribution in [2.24, 2.45) is 17.6 Å². The number of aliphatic hydroxyl groups excluding tert-OH is 1. The molecule has 3 unspecified atom stereocenters. The van der Waals surface area contributed by atoms with Crippen LogP contribution >= 0.6 is 0 Å². The van der Waals surface area contributed by atoms with Crippen molar-refractivity contribution in [3.8, 4) is 11.8 Å². The number of nitrogens with zero attached hydrogens (tertiary/aromatic N) is 4. The van der Waals surface area contributed by atoms with E-state index < -0.39 is 16.9 Å². The van der Waals surface area contributed by atoms with Gasteiger partial charge >= 0.3 is 0 Å². The molecule has 2 aromatic rings. The van der Waals surface area contributed by atoms with Gasteiger partial charge in [-0.25, -0.2) is 0 Å². The molecular formula is C26H31N5O5. The van der Waals surface area contributed by atoms with E-state index in [1.165, 1.54) is 18.2 Å². The van der Waals surface area contributed by atoms with Gasteiger partial charge in [0.15, 0.2) is 0 Å². The molecule has 2 saturated heterocycles. The average Bonchev–Trinajstić information content (AvgIpc) is 2.85. The van der Waals surface area contributed by atoms with Gasteiger partial charge in [-0.05, 0) is 60.6 Å². The third kappa shape index (κ3) is 6.57. The number of hydrogen-bond acceptors (Lipinski definition) is 8. The summed E-state index contributed by atoms with van der Waals surface area (Å²) in [6, 6.07) is 13.1. The van der Waals surface area contributed by atoms with E-state index in [0.717, 1.165) is 32.6 Å². The normalized spacial score (nSPS) is 20.9. The number of fused-ring (bicyclic) bond motifs is 2. The minimum Gasteiger partial charge on any atom is -0.491 e. The van der Waals surface area contributed by atoms with Gasteiger partial charge in [0, 0.05) is 57.0 Å². The molecule has 10 nitrogen and oxygen atoms in total. The molecule has 0 aromatic heterocycles. The second-order valence-corrected chi connectivity index (χ2v) is 9.76. The minimum absolute atomic E-state index is 0.0390. The Hall–Kier alpha value is -3.52. The predicted molar refractivity (Wildman–Crippen MR) is 132 cm³/mol. The minimum atomic E-state index is -0.614. The van der Waals surface area contributed by atoms with Crippen LogP contribution < -0.4 is 10.5 Å². The highest BCUT2D eigenvalue weighted by atomic mass is 16.6. The van der Waals surface area contributed by atoms with Crippen LogP contribution in [0, 0.1) is 33.3 Å². The van der Waals surface area contributed by atoms with Crippen molar-refractivity contribution in [3.63, 3.8) is 0 Å². The summed E-state index contributed by atoms with van der Waals surface area (Å²) in [6.07, 6.45) is 1.06. The number of hydrogen-bond donors (Lipinski definition) is 2. The number of amides is 1. The van der Waals surface area contributed by atoms with Crippen LogP contribution in [0.15, 0.2) is 42.5 Å². The van der Waals surface area contributed by atoms with E-state index >= 15 is 0 Å². The van der Waals surface area contributed by atoms with Crippen LogP contribution in [0.4, 0.5) is 5.69 Å². The van der Waals surface area contributed by atoms with Crippen LogP contribution in [0.1, 0.15) is 27.9 Å². The lowest BCUT2D eigenvalue weighted by Gasteiger charge is -2.46. The molecule has 2 heterocycles. The molecule has 1 amide bonds. The number of piperidine rings is 2. The molecule has 2 fully saturated rings. The number of nitriles is 1. The smallest absolute Gasteiger partial charge is 0.269 e. The number of β-amino-alcohol motifs (C(OH)–C–C–N with tert-alkyl or cyclic N) is 1. The van der Waals surface area contributed by atoms with E-state index in [9.17, 15) is 20.0 Å². The fraction of sp³-hybridized carbons (Fsp3) is 0.462. The van der Waals surface area contributed by atoms with E-state index in [4.69, 9.17) is 15.7 Å². The molecule has 10 heteroatoms. The Balaban J connectivity index is 1.26. The maximum atomic E-state index is 11.8. The van der Waals surface area contributed by atoms with Crippen molar-refractivity contribution in [2.45, 2.75) is 18.9 Å². The monoisotopic (exact) mass is 493 g/mol. The molecule has 36 heavy (non-hydrogen) atoms. The molecule has 3 atom stereocenters. The highest BCUT2D eigenvalue weighted by Gasteiger charge is 2.34. The van der Waals surface area contributed by atoms with Crippen LogP contribution in [0.2, 0.25) is 0 Å². The van der Waals surface area contributed by atoms with Crippen LogP contribution in [-0.2, 0) is 6.42 Å². The van der Waals surface area contributed by atoms with Gasteiger partial charge in [-0.1, -0.05) is 0 Å². The lowest BCUT2D eigenvalue weighted by Crippen LogP contribution is -2.54. The number of nitrogens with two attached hydrogens (primary N) is 1. The van der Waals surface area contributed by atoms with Gasteiger partial charge in [-0.3, -0.25) is 19.8 Å². The molecule has 3 N–H and O–H groups in total. The first-order valence-electron chi connectivity index (χ1n) is 12.1. The molecule has 2 aliphatic rings. The number of nitro benzene ring substituents is 1. The Morgan fingerprint density at radius 3 is 2.44 bits per heavy atom. The third-order valence-electron chi connectivity index (χ3n) is 6.89. The molecule has 0 saturated carbocycles. The Kier molecular flexibility index (Phi) is 8.15. The van der Waals surface area contributed by atoms with Crippen molar-refractivity contribution in [3.05, 3.63) is 69.3 Å². The first-order valence-corrected chi connectivity index (χ1v) is 12.1. The fourth-order valence-electron chi connectivity index (χ4n) is 5.41. The van der Waals surface area contributed by atoms with Gasteiger partial charge < -0.3 is 20.5 Å². The van der Waals surface area contributed by atoms with Crippen molar-refractivity contribution in [1.82, 2.24) is 9.80 Å². The maximum absolute atomic E-state index is 11.8. The molecule has 0 spiro atoms. The van der Waals surface area contributed by atoms with Crippen LogP contribution in [0.25, 0.3) is 0 Å². The fourth-order valence-corrected chi connectivity index (χ4v) is 5.41. The molecule has 0 aliphatic carbocycles. The summed E-state index contributed by atoms with van der Waals surface area (Å²) in [5.41, 5.74) is 6.95. The standard InChI is InChI=1S/C26H31N5O5/c27-11-18-1-4-24(5-2-18)36-17-23(32)16-30-14-19-9-20(15-30)13-29(12-19)8-7-21-10-22(31(34)35)3-6-25(21)26(28)33/h1-6,10,19-20,23,32H,7-9,12-17H2,(H2,28,33). The first-order chi connectivity index (χ1) is 17.3. The Labute approximate surface area is 210 Å². The number of carbonyl (C=O) groups is 1. The van der Waals surface area contributed by atoms with Crippen molar-refractivity contribution in [1.29, 1.82) is 5.26 Å². The number of likely N-dealkylation sites (tertiary alicyclic amines) is 2. The molecule has 0 radical (unpaired) electrons. The second kappa shape index (κ2) is 11.5. The molecule has 2 bridgehead atoms. The van der Waals surface area contributed by atoms with Crippen LogP contribution in [0.3, 0.4) is 0 Å². The SMILES string of the molecule is N#Cc1ccc(OCC(O)CN2CC3CC(CN(CCc4cc([N+](=O)[O-])ccc4C(N)=O)C3)C2)cc1. The van der Waals surface area contributed by atoms with Gasteiger partial charge in [-0.15, -0.1) is 0 Å². The number of non-ortho nitro benzene ring substituents is 1. The number of carbonyl (C=O) groups excluding carboxylic acids is 1. The lowest BCUT2D eigenvalue weighted by atomic mass is 9.84. The summed E-state index contributed by atoms with van der Waals surface area (Å²) in [5.74, 6) is 1.00. The largest absolute Gasteiger partial charge is 0.491 e. The number of aliphatic hydroxyl groups is 1. The van der Waals surface area contributed by atoms with Gasteiger partial charge in [0.05, 0.1) is 16.6 Å². The number of nitro groups is 1. The van der Waals surface area contributed by atoms with Crippen molar-refractivity contribution < 1.29 is 19.6 Å². The van der Waals surface area contributed by atoms with Crippen molar-refractivity contribution >= 4 is 11.6 Å². The number of ether oxygens (including phenoxy) is 1. The predicted octanol–water partition coefficient (Wildman–Crippen LogP) is 1.80. The molecule has 2 aromatic carbocycles. The zero-order chi connectivity index (χ0) is 25.7. The van der Waals surface area contributed by atoms with E-state index in [-0.39, 0.29) is 12.3 Å². The van der Waals surface area contributed by atoms with Gasteiger partial charge in [-0.2, -0.15) is 5.26 Å². The highest BCUT2D eigenvalue weighted by Crippen LogP contribution is 2.29. The first kappa shape index (κ1) is 25.6. The number of rotatable bonds is 10. The van der Waals surface area contributed by atoms with Gasteiger partial charge in [0.2, 0.25) is 5.91 Å². The third-order valence-corrected chi connectivity index (χ3v) is 6.89. The summed E-state index contributed by atoms with van der Waals surface area (Å²) in [4.78, 5) is 27.1. The summed E-state index contributed by atoms with van der Waals surface area (Å²) < 4.78 is 5.67. The Morgan fingerprint density at radius 1 is 1.17 bits per heavy atom. The summed E-state index contributed by atoms with van der Waals surface area (Å²) in [6.45, 7) is 5.04. The van der Waals surface area contributed by atoms with Crippen LogP contribution in [-0.4, -0.2) is 77.7 Å². The van der Waals surface area contributed by atoms with E-state index in [1.54, 1.807) is 24.3 Å². The summed E-state index contributed by atoms with van der Waals surface area (Å²) >= 11 is 0. The van der Waals surface area contributed by atoms with Crippen LogP contribution in [0.5, 0.6) is 5.75 Å². The van der Waals surface area contributed by atoms with Gasteiger partial charge in [0.1, 0.15) is 18.5 Å². The molecule has 4 rings (SSSR count). The zero-order valence-electron chi connectivity index (χ0n) is 20.1. The second-order valence-electron chi connectivity index (χ2n) is 9.76. The summed E-state index contributed by atoms with van der Waals surface area (Å²) in [7, 11) is 0. The Morgan fingerprint density at radius 2 is 1.83 bits per heavy atom. The Bertz CT molecular complexity index is 1120. The number of benzene rings is 2. The zero-order valence-corrected chi connectivity index (χ0v) is 20.1. The van der Waals surface area contributed by atoms with E-state index in [2.05, 4.69) is 15.9 Å². The van der Waals surface area contributed by atoms with E-state index in [0.29, 0.717) is 53.8 Å². The average molecular weight is 494 g/mol. The summed E-state index contributed by atoms with van der Waals surface area (Å²) in [5, 5.41) is 30.5. The molecule has 2 aliphatic heterocycles. The van der Waals surface area contributed by atoms with Crippen molar-refractivity contribution in [2.75, 3.05) is 45.9 Å². The number of primary amides is 1. The topological polar surface area (TPSA) is 146 Å². The quantitative estimate of drug-likeness (QED) is 0.376. The van der Waals surface area contributed by atoms with Gasteiger partial charge in [0.25, 0.3) is 5.69 Å². The van der Waals surface area contributed by atoms with E-state index in [1.807, 2.05) is 0 Å². The maximum Gasteiger partial charge on any atom is 0.269 e. The highest BCUT2D eigenvalue weighted by molar-refractivity contribution is 5.94. The molecular weight excluding hydrogens is 462 g/mol. The lowest BCUT2D eigenvalue weighted by molar-refractivity contribution is -0.384. The molecule has 190 valence electrons.